The van der Waals surface area contributed by atoms with Crippen LogP contribution >= 0.6 is 11.3 Å². The van der Waals surface area contributed by atoms with Crippen molar-refractivity contribution in [3.8, 4) is 0 Å². The van der Waals surface area contributed by atoms with Crippen molar-refractivity contribution in [2.75, 3.05) is 19.7 Å². The zero-order chi connectivity index (χ0) is 12.9. The van der Waals surface area contributed by atoms with Crippen molar-refractivity contribution in [2.45, 2.75) is 24.1 Å². The maximum atomic E-state index is 12.2. The zero-order valence-corrected chi connectivity index (χ0v) is 11.4. The zero-order valence-electron chi connectivity index (χ0n) is 9.80. The van der Waals surface area contributed by atoms with Gasteiger partial charge in [0.15, 0.2) is 0 Å². The first-order chi connectivity index (χ1) is 8.06. The molecule has 7 heteroatoms. The standard InChI is InChI=1S/C10H18N2O3S2/c1-2-5-12(6-7-13)17(14,15)10-4-3-9(8-11)16-10/h3-4,13H,2,5-8,11H2,1H3. The molecule has 17 heavy (non-hydrogen) atoms. The van der Waals surface area contributed by atoms with Gasteiger partial charge in [0.05, 0.1) is 6.61 Å². The number of aliphatic hydroxyl groups is 1. The Morgan fingerprint density at radius 1 is 1.41 bits per heavy atom. The van der Waals surface area contributed by atoms with E-state index >= 15 is 0 Å². The predicted molar refractivity (Wildman–Crippen MR) is 68.3 cm³/mol. The Morgan fingerprint density at radius 2 is 2.12 bits per heavy atom. The first kappa shape index (κ1) is 14.6. The van der Waals surface area contributed by atoms with Crippen molar-refractivity contribution in [2.24, 2.45) is 5.73 Å². The molecule has 3 N–H and O–H groups in total. The Bertz CT molecular complexity index is 436. The number of hydrogen-bond donors (Lipinski definition) is 2. The van der Waals surface area contributed by atoms with E-state index in [4.69, 9.17) is 10.8 Å². The van der Waals surface area contributed by atoms with Gasteiger partial charge in [0.2, 0.25) is 0 Å². The monoisotopic (exact) mass is 278 g/mol. The van der Waals surface area contributed by atoms with Gasteiger partial charge in [0.1, 0.15) is 4.21 Å². The summed E-state index contributed by atoms with van der Waals surface area (Å²) in [6.07, 6.45) is 0.717. The van der Waals surface area contributed by atoms with Crippen molar-refractivity contribution in [3.05, 3.63) is 17.0 Å². The third-order valence-electron chi connectivity index (χ3n) is 2.25. The van der Waals surface area contributed by atoms with Crippen LogP contribution in [0.5, 0.6) is 0 Å². The Balaban J connectivity index is 2.98. The third kappa shape index (κ3) is 3.49. The summed E-state index contributed by atoms with van der Waals surface area (Å²) in [7, 11) is -3.48. The lowest BCUT2D eigenvalue weighted by atomic mass is 10.5. The molecule has 0 aliphatic rings. The second-order valence-corrected chi connectivity index (χ2v) is 6.89. The first-order valence-electron chi connectivity index (χ1n) is 5.46. The molecule has 0 radical (unpaired) electrons. The smallest absolute Gasteiger partial charge is 0.252 e. The molecule has 0 aliphatic carbocycles. The fraction of sp³-hybridized carbons (Fsp3) is 0.600. The molecule has 0 amide bonds. The minimum Gasteiger partial charge on any atom is -0.395 e. The van der Waals surface area contributed by atoms with Gasteiger partial charge in [0.25, 0.3) is 10.0 Å². The second kappa shape index (κ2) is 6.46. The molecule has 1 aromatic heterocycles. The van der Waals surface area contributed by atoms with E-state index in [1.165, 1.54) is 15.6 Å². The molecule has 0 aliphatic heterocycles. The van der Waals surface area contributed by atoms with Crippen LogP contribution in [0.2, 0.25) is 0 Å². The van der Waals surface area contributed by atoms with Crippen LogP contribution in [-0.4, -0.2) is 37.5 Å². The maximum absolute atomic E-state index is 12.2. The van der Waals surface area contributed by atoms with Crippen LogP contribution in [0.1, 0.15) is 18.2 Å². The van der Waals surface area contributed by atoms with Crippen LogP contribution < -0.4 is 5.73 Å². The first-order valence-corrected chi connectivity index (χ1v) is 7.71. The second-order valence-electron chi connectivity index (χ2n) is 3.55. The third-order valence-corrected chi connectivity index (χ3v) is 5.73. The van der Waals surface area contributed by atoms with E-state index in [2.05, 4.69) is 0 Å². The fourth-order valence-electron chi connectivity index (χ4n) is 1.45. The molecule has 0 bridgehead atoms. The highest BCUT2D eigenvalue weighted by atomic mass is 32.2. The van der Waals surface area contributed by atoms with Crippen LogP contribution in [0, 0.1) is 0 Å². The van der Waals surface area contributed by atoms with E-state index in [-0.39, 0.29) is 13.2 Å². The summed E-state index contributed by atoms with van der Waals surface area (Å²) < 4.78 is 26.0. The Hall–Kier alpha value is -0.470. The van der Waals surface area contributed by atoms with Gasteiger partial charge in [-0.15, -0.1) is 11.3 Å². The van der Waals surface area contributed by atoms with Crippen LogP contribution in [0.4, 0.5) is 0 Å². The lowest BCUT2D eigenvalue weighted by Gasteiger charge is -2.19. The van der Waals surface area contributed by atoms with Crippen LogP contribution in [-0.2, 0) is 16.6 Å². The molecule has 98 valence electrons. The van der Waals surface area contributed by atoms with Crippen molar-refractivity contribution >= 4 is 21.4 Å². The number of aliphatic hydroxyl groups excluding tert-OH is 1. The van der Waals surface area contributed by atoms with Crippen molar-refractivity contribution < 1.29 is 13.5 Å². The normalized spacial score (nSPS) is 12.2. The highest BCUT2D eigenvalue weighted by Crippen LogP contribution is 2.24. The average Bonchev–Trinajstić information content (AvgIpc) is 2.78. The van der Waals surface area contributed by atoms with E-state index in [0.29, 0.717) is 23.7 Å². The number of nitrogens with zero attached hydrogens (tertiary/aromatic N) is 1. The molecule has 0 fully saturated rings. The molecule has 0 saturated heterocycles. The van der Waals surface area contributed by atoms with E-state index < -0.39 is 10.0 Å². The number of nitrogens with two attached hydrogens (primary N) is 1. The number of sulfonamides is 1. The molecule has 0 saturated carbocycles. The summed E-state index contributed by atoms with van der Waals surface area (Å²) in [5.41, 5.74) is 5.46. The minimum atomic E-state index is -3.48. The summed E-state index contributed by atoms with van der Waals surface area (Å²) >= 11 is 1.18. The quantitative estimate of drug-likeness (QED) is 0.765. The molecular weight excluding hydrogens is 260 g/mol. The van der Waals surface area contributed by atoms with Gasteiger partial charge in [-0.25, -0.2) is 8.42 Å². The molecule has 0 aromatic carbocycles. The van der Waals surface area contributed by atoms with Gasteiger partial charge in [0, 0.05) is 24.5 Å². The van der Waals surface area contributed by atoms with E-state index in [0.717, 1.165) is 4.88 Å². The molecule has 5 nitrogen and oxygen atoms in total. The Kier molecular flexibility index (Phi) is 5.54. The molecule has 1 rings (SSSR count). The van der Waals surface area contributed by atoms with Crippen molar-refractivity contribution in [1.29, 1.82) is 0 Å². The highest BCUT2D eigenvalue weighted by molar-refractivity contribution is 7.91. The summed E-state index contributed by atoms with van der Waals surface area (Å²) in [6, 6.07) is 3.29. The Morgan fingerprint density at radius 3 is 2.59 bits per heavy atom. The van der Waals surface area contributed by atoms with Gasteiger partial charge in [-0.2, -0.15) is 4.31 Å². The predicted octanol–water partition coefficient (Wildman–Crippen LogP) is 0.600. The minimum absolute atomic E-state index is 0.131. The lowest BCUT2D eigenvalue weighted by molar-refractivity contribution is 0.254. The lowest BCUT2D eigenvalue weighted by Crippen LogP contribution is -2.33. The Labute approximate surface area is 106 Å². The van der Waals surface area contributed by atoms with Gasteiger partial charge in [-0.05, 0) is 18.6 Å². The van der Waals surface area contributed by atoms with Gasteiger partial charge in [-0.3, -0.25) is 0 Å². The topological polar surface area (TPSA) is 83.6 Å². The number of rotatable bonds is 7. The summed E-state index contributed by atoms with van der Waals surface area (Å²) in [4.78, 5) is 0.837. The van der Waals surface area contributed by atoms with Crippen LogP contribution in [0.3, 0.4) is 0 Å². The van der Waals surface area contributed by atoms with Crippen molar-refractivity contribution in [3.63, 3.8) is 0 Å². The molecule has 1 aromatic rings. The molecule has 1 heterocycles. The average molecular weight is 278 g/mol. The number of thiophene rings is 1. The summed E-state index contributed by atoms with van der Waals surface area (Å²) in [5, 5.41) is 8.90. The van der Waals surface area contributed by atoms with Crippen LogP contribution in [0.25, 0.3) is 0 Å². The summed E-state index contributed by atoms with van der Waals surface area (Å²) in [6.45, 7) is 2.62. The number of hydrogen-bond acceptors (Lipinski definition) is 5. The molecular formula is C10H18N2O3S2. The van der Waals surface area contributed by atoms with Crippen molar-refractivity contribution in [1.82, 2.24) is 4.31 Å². The molecule has 0 atom stereocenters. The van der Waals surface area contributed by atoms with Gasteiger partial charge >= 0.3 is 0 Å². The SMILES string of the molecule is CCCN(CCO)S(=O)(=O)c1ccc(CN)s1. The van der Waals surface area contributed by atoms with E-state index in [9.17, 15) is 8.42 Å². The largest absolute Gasteiger partial charge is 0.395 e. The highest BCUT2D eigenvalue weighted by Gasteiger charge is 2.24. The van der Waals surface area contributed by atoms with E-state index in [1.807, 2.05) is 6.92 Å². The van der Waals surface area contributed by atoms with Gasteiger partial charge in [-0.1, -0.05) is 6.92 Å². The van der Waals surface area contributed by atoms with E-state index in [1.54, 1.807) is 12.1 Å². The summed E-state index contributed by atoms with van der Waals surface area (Å²) in [5.74, 6) is 0. The molecule has 0 unspecified atom stereocenters. The molecule has 0 spiro atoms. The van der Waals surface area contributed by atoms with Gasteiger partial charge < -0.3 is 10.8 Å². The van der Waals surface area contributed by atoms with Crippen LogP contribution in [0.15, 0.2) is 16.3 Å². The fourth-order valence-corrected chi connectivity index (χ4v) is 4.36. The maximum Gasteiger partial charge on any atom is 0.252 e.